The fraction of sp³-hybridized carbons (Fsp3) is 0.263. The lowest BCUT2D eigenvalue weighted by Crippen LogP contribution is -2.11. The van der Waals surface area contributed by atoms with Crippen LogP contribution >= 0.6 is 0 Å². The molecule has 0 bridgehead atoms. The Morgan fingerprint density at radius 2 is 1.39 bits per heavy atom. The van der Waals surface area contributed by atoms with E-state index in [1.165, 1.54) is 0 Å². The number of carbonyl (C=O) groups excluding carboxylic acids is 2. The third-order valence-electron chi connectivity index (χ3n) is 3.14. The van der Waals surface area contributed by atoms with E-state index in [0.717, 1.165) is 5.56 Å². The van der Waals surface area contributed by atoms with Gasteiger partial charge in [0.2, 0.25) is 0 Å². The molecule has 0 aliphatic rings. The fourth-order valence-electron chi connectivity index (χ4n) is 1.84. The first-order chi connectivity index (χ1) is 11.0. The second-order valence-corrected chi connectivity index (χ2v) is 5.77. The number of carbonyl (C=O) groups is 2. The van der Waals surface area contributed by atoms with Crippen molar-refractivity contribution in [2.75, 3.05) is 6.61 Å². The molecule has 0 aliphatic carbocycles. The quantitative estimate of drug-likeness (QED) is 0.618. The number of benzene rings is 2. The van der Waals surface area contributed by atoms with E-state index in [9.17, 15) is 9.59 Å². The molecular weight excluding hydrogens is 292 g/mol. The second kappa shape index (κ2) is 7.58. The van der Waals surface area contributed by atoms with Gasteiger partial charge in [-0.25, -0.2) is 9.59 Å². The van der Waals surface area contributed by atoms with E-state index in [0.29, 0.717) is 23.5 Å². The molecule has 0 radical (unpaired) electrons. The van der Waals surface area contributed by atoms with Crippen LogP contribution in [0.3, 0.4) is 0 Å². The van der Waals surface area contributed by atoms with E-state index < -0.39 is 5.97 Å². The van der Waals surface area contributed by atoms with Crippen LogP contribution in [0.15, 0.2) is 48.5 Å². The van der Waals surface area contributed by atoms with Gasteiger partial charge in [-0.15, -0.1) is 0 Å². The zero-order chi connectivity index (χ0) is 16.8. The minimum Gasteiger partial charge on any atom is -0.462 e. The van der Waals surface area contributed by atoms with Crippen LogP contribution < -0.4 is 4.74 Å². The lowest BCUT2D eigenvalue weighted by molar-refractivity contribution is 0.0459. The number of hydrogen-bond acceptors (Lipinski definition) is 4. The molecule has 23 heavy (non-hydrogen) atoms. The molecule has 120 valence electrons. The molecule has 2 aromatic carbocycles. The third-order valence-corrected chi connectivity index (χ3v) is 3.14. The number of rotatable bonds is 5. The van der Waals surface area contributed by atoms with Crippen LogP contribution in [0.5, 0.6) is 5.75 Å². The highest BCUT2D eigenvalue weighted by Gasteiger charge is 2.11. The Morgan fingerprint density at radius 1 is 0.870 bits per heavy atom. The molecule has 0 amide bonds. The van der Waals surface area contributed by atoms with Crippen LogP contribution in [0.2, 0.25) is 0 Å². The molecule has 4 nitrogen and oxygen atoms in total. The van der Waals surface area contributed by atoms with Gasteiger partial charge in [0.15, 0.2) is 0 Å². The summed E-state index contributed by atoms with van der Waals surface area (Å²) in [6, 6.07) is 13.5. The molecule has 0 saturated carbocycles. The van der Waals surface area contributed by atoms with Crippen molar-refractivity contribution < 1.29 is 19.1 Å². The molecule has 0 spiro atoms. The Labute approximate surface area is 136 Å². The van der Waals surface area contributed by atoms with Gasteiger partial charge in [0, 0.05) is 0 Å². The van der Waals surface area contributed by atoms with E-state index in [4.69, 9.17) is 9.47 Å². The summed E-state index contributed by atoms with van der Waals surface area (Å²) in [6.45, 7) is 6.27. The second-order valence-electron chi connectivity index (χ2n) is 5.77. The standard InChI is InChI=1S/C19H20O4/c1-13(2)12-22-18(20)15-8-10-17(11-9-15)23-19(21)16-6-4-14(3)5-7-16/h4-11,13H,12H2,1-3H3. The molecule has 0 saturated heterocycles. The van der Waals surface area contributed by atoms with E-state index in [-0.39, 0.29) is 11.9 Å². The largest absolute Gasteiger partial charge is 0.462 e. The molecule has 2 rings (SSSR count). The van der Waals surface area contributed by atoms with Crippen LogP contribution in [-0.2, 0) is 4.74 Å². The Hall–Kier alpha value is -2.62. The van der Waals surface area contributed by atoms with Crippen LogP contribution in [0.25, 0.3) is 0 Å². The molecular formula is C19H20O4. The maximum absolute atomic E-state index is 12.0. The number of aryl methyl sites for hydroxylation is 1. The highest BCUT2D eigenvalue weighted by Crippen LogP contribution is 2.15. The van der Waals surface area contributed by atoms with E-state index in [1.54, 1.807) is 36.4 Å². The van der Waals surface area contributed by atoms with Gasteiger partial charge in [-0.3, -0.25) is 0 Å². The summed E-state index contributed by atoms with van der Waals surface area (Å²) < 4.78 is 10.4. The van der Waals surface area contributed by atoms with Gasteiger partial charge in [0.25, 0.3) is 0 Å². The topological polar surface area (TPSA) is 52.6 Å². The average molecular weight is 312 g/mol. The first-order valence-electron chi connectivity index (χ1n) is 7.51. The van der Waals surface area contributed by atoms with Crippen molar-refractivity contribution in [3.05, 3.63) is 65.2 Å². The van der Waals surface area contributed by atoms with Crippen molar-refractivity contribution in [3.8, 4) is 5.75 Å². The van der Waals surface area contributed by atoms with Crippen LogP contribution in [-0.4, -0.2) is 18.5 Å². The number of ether oxygens (including phenoxy) is 2. The number of hydrogen-bond donors (Lipinski definition) is 0. The van der Waals surface area contributed by atoms with Gasteiger partial charge in [-0.05, 0) is 49.2 Å². The molecule has 0 fully saturated rings. The van der Waals surface area contributed by atoms with Gasteiger partial charge in [-0.2, -0.15) is 0 Å². The van der Waals surface area contributed by atoms with Crippen LogP contribution in [0.4, 0.5) is 0 Å². The lowest BCUT2D eigenvalue weighted by atomic mass is 10.1. The van der Waals surface area contributed by atoms with Crippen molar-refractivity contribution in [1.29, 1.82) is 0 Å². The zero-order valence-corrected chi connectivity index (χ0v) is 13.5. The molecule has 0 unspecified atom stereocenters. The predicted molar refractivity (Wildman–Crippen MR) is 87.7 cm³/mol. The average Bonchev–Trinajstić information content (AvgIpc) is 2.54. The maximum atomic E-state index is 12.0. The van der Waals surface area contributed by atoms with Gasteiger partial charge in [0.1, 0.15) is 5.75 Å². The van der Waals surface area contributed by atoms with Gasteiger partial charge in [-0.1, -0.05) is 31.5 Å². The molecule has 0 heterocycles. The van der Waals surface area contributed by atoms with E-state index in [2.05, 4.69) is 0 Å². The maximum Gasteiger partial charge on any atom is 0.343 e. The monoisotopic (exact) mass is 312 g/mol. The van der Waals surface area contributed by atoms with E-state index in [1.807, 2.05) is 32.9 Å². The summed E-state index contributed by atoms with van der Waals surface area (Å²) in [5.41, 5.74) is 1.99. The summed E-state index contributed by atoms with van der Waals surface area (Å²) in [5.74, 6) is -0.139. The highest BCUT2D eigenvalue weighted by atomic mass is 16.5. The first-order valence-corrected chi connectivity index (χ1v) is 7.51. The van der Waals surface area contributed by atoms with Gasteiger partial charge >= 0.3 is 11.9 Å². The molecule has 0 atom stereocenters. The minimum atomic E-state index is -0.430. The van der Waals surface area contributed by atoms with Crippen molar-refractivity contribution >= 4 is 11.9 Å². The summed E-state index contributed by atoms with van der Waals surface area (Å²) in [4.78, 5) is 23.8. The zero-order valence-electron chi connectivity index (χ0n) is 13.5. The van der Waals surface area contributed by atoms with Gasteiger partial charge in [0.05, 0.1) is 17.7 Å². The molecule has 4 heteroatoms. The normalized spacial score (nSPS) is 10.4. The molecule has 2 aromatic rings. The lowest BCUT2D eigenvalue weighted by Gasteiger charge is -2.08. The Balaban J connectivity index is 1.98. The molecule has 0 N–H and O–H groups in total. The predicted octanol–water partition coefficient (Wildman–Crippen LogP) is 4.03. The number of esters is 2. The smallest absolute Gasteiger partial charge is 0.343 e. The Bertz CT molecular complexity index is 670. The summed E-state index contributed by atoms with van der Waals surface area (Å²) in [6.07, 6.45) is 0. The SMILES string of the molecule is Cc1ccc(C(=O)Oc2ccc(C(=O)OCC(C)C)cc2)cc1. The van der Waals surface area contributed by atoms with E-state index >= 15 is 0 Å². The molecule has 0 aliphatic heterocycles. The third kappa shape index (κ3) is 4.95. The minimum absolute atomic E-state index is 0.286. The molecule has 0 aromatic heterocycles. The van der Waals surface area contributed by atoms with Crippen molar-refractivity contribution in [3.63, 3.8) is 0 Å². The van der Waals surface area contributed by atoms with Crippen LogP contribution in [0, 0.1) is 12.8 Å². The first kappa shape index (κ1) is 16.7. The fourth-order valence-corrected chi connectivity index (χ4v) is 1.84. The summed E-state index contributed by atoms with van der Waals surface area (Å²) >= 11 is 0. The van der Waals surface area contributed by atoms with Crippen LogP contribution in [0.1, 0.15) is 40.1 Å². The van der Waals surface area contributed by atoms with Crippen molar-refractivity contribution in [1.82, 2.24) is 0 Å². The Kier molecular flexibility index (Phi) is 5.52. The summed E-state index contributed by atoms with van der Waals surface area (Å²) in [7, 11) is 0. The van der Waals surface area contributed by atoms with Crippen molar-refractivity contribution in [2.24, 2.45) is 5.92 Å². The van der Waals surface area contributed by atoms with Gasteiger partial charge < -0.3 is 9.47 Å². The highest BCUT2D eigenvalue weighted by molar-refractivity contribution is 5.92. The van der Waals surface area contributed by atoms with Crippen molar-refractivity contribution in [2.45, 2.75) is 20.8 Å². The summed E-state index contributed by atoms with van der Waals surface area (Å²) in [5, 5.41) is 0. The Morgan fingerprint density at radius 3 is 1.96 bits per heavy atom.